The summed E-state index contributed by atoms with van der Waals surface area (Å²) in [6.07, 6.45) is 7.81. The summed E-state index contributed by atoms with van der Waals surface area (Å²) in [5.74, 6) is 1.55. The minimum absolute atomic E-state index is 0.179. The first-order valence-corrected chi connectivity index (χ1v) is 8.95. The number of carbonyl (C=O) groups is 1. The summed E-state index contributed by atoms with van der Waals surface area (Å²) in [6, 6.07) is 3.85. The molecule has 1 saturated heterocycles. The Morgan fingerprint density at radius 1 is 1.35 bits per heavy atom. The summed E-state index contributed by atoms with van der Waals surface area (Å²) < 4.78 is 0. The Morgan fingerprint density at radius 2 is 2.26 bits per heavy atom. The van der Waals surface area contributed by atoms with E-state index in [1.807, 2.05) is 35.7 Å². The highest BCUT2D eigenvalue weighted by Crippen LogP contribution is 2.23. The Hall–Kier alpha value is -1.95. The van der Waals surface area contributed by atoms with Crippen molar-refractivity contribution < 1.29 is 4.79 Å². The van der Waals surface area contributed by atoms with Crippen molar-refractivity contribution in [2.75, 3.05) is 25.5 Å². The average molecular weight is 330 g/mol. The quantitative estimate of drug-likeness (QED) is 0.936. The van der Waals surface area contributed by atoms with Gasteiger partial charge in [0.15, 0.2) is 0 Å². The van der Waals surface area contributed by atoms with Crippen LogP contribution in [0.4, 0.5) is 5.82 Å². The molecule has 1 aliphatic heterocycles. The smallest absolute Gasteiger partial charge is 0.263 e. The SMILES string of the molecule is CNc1cnc(C[C@H]2CCCN(C(=O)c3cccs3)CC2)cn1. The molecule has 2 aromatic rings. The van der Waals surface area contributed by atoms with Gasteiger partial charge in [-0.3, -0.25) is 9.78 Å². The van der Waals surface area contributed by atoms with Crippen LogP contribution < -0.4 is 5.32 Å². The number of likely N-dealkylation sites (tertiary alicyclic amines) is 1. The van der Waals surface area contributed by atoms with Gasteiger partial charge in [-0.05, 0) is 43.0 Å². The van der Waals surface area contributed by atoms with E-state index in [2.05, 4.69) is 15.3 Å². The van der Waals surface area contributed by atoms with Crippen molar-refractivity contribution >= 4 is 23.1 Å². The normalized spacial score (nSPS) is 18.5. The van der Waals surface area contributed by atoms with Gasteiger partial charge >= 0.3 is 0 Å². The highest BCUT2D eigenvalue weighted by atomic mass is 32.1. The number of amides is 1. The maximum atomic E-state index is 12.5. The molecular formula is C17H22N4OS. The van der Waals surface area contributed by atoms with E-state index in [9.17, 15) is 4.79 Å². The van der Waals surface area contributed by atoms with Crippen LogP contribution in [0.15, 0.2) is 29.9 Å². The van der Waals surface area contributed by atoms with E-state index in [4.69, 9.17) is 0 Å². The van der Waals surface area contributed by atoms with Gasteiger partial charge in [0.25, 0.3) is 5.91 Å². The standard InChI is InChI=1S/C17H22N4OS/c1-18-16-12-19-14(11-20-16)10-13-4-2-7-21(8-6-13)17(22)15-5-3-9-23-15/h3,5,9,11-13H,2,4,6-8,10H2,1H3,(H,18,20)/t13-/m0/s1. The van der Waals surface area contributed by atoms with Gasteiger partial charge in [-0.2, -0.15) is 0 Å². The Morgan fingerprint density at radius 3 is 2.96 bits per heavy atom. The van der Waals surface area contributed by atoms with Crippen LogP contribution in [0, 0.1) is 5.92 Å². The molecule has 1 atom stereocenters. The fraction of sp³-hybridized carbons (Fsp3) is 0.471. The Kier molecular flexibility index (Phi) is 5.23. The van der Waals surface area contributed by atoms with Gasteiger partial charge in [0.05, 0.1) is 23.0 Å². The van der Waals surface area contributed by atoms with Crippen LogP contribution in [0.25, 0.3) is 0 Å². The van der Waals surface area contributed by atoms with Crippen molar-refractivity contribution in [1.82, 2.24) is 14.9 Å². The minimum Gasteiger partial charge on any atom is -0.372 e. The first-order chi connectivity index (χ1) is 11.3. The van der Waals surface area contributed by atoms with Gasteiger partial charge in [-0.15, -0.1) is 11.3 Å². The molecule has 122 valence electrons. The predicted octanol–water partition coefficient (Wildman–Crippen LogP) is 3.06. The molecule has 0 aliphatic carbocycles. The number of aromatic nitrogens is 2. The molecule has 3 rings (SSSR count). The van der Waals surface area contributed by atoms with Crippen molar-refractivity contribution in [3.05, 3.63) is 40.5 Å². The topological polar surface area (TPSA) is 58.1 Å². The number of nitrogens with zero attached hydrogens (tertiary/aromatic N) is 3. The van der Waals surface area contributed by atoms with Crippen LogP contribution >= 0.6 is 11.3 Å². The molecule has 1 aliphatic rings. The van der Waals surface area contributed by atoms with E-state index in [1.165, 1.54) is 11.3 Å². The number of hydrogen-bond acceptors (Lipinski definition) is 5. The lowest BCUT2D eigenvalue weighted by Crippen LogP contribution is -2.31. The molecule has 3 heterocycles. The van der Waals surface area contributed by atoms with Crippen LogP contribution in [0.2, 0.25) is 0 Å². The second-order valence-electron chi connectivity index (χ2n) is 5.91. The number of nitrogens with one attached hydrogen (secondary N) is 1. The zero-order chi connectivity index (χ0) is 16.1. The molecule has 5 nitrogen and oxygen atoms in total. The Bertz CT molecular complexity index is 627. The van der Waals surface area contributed by atoms with Crippen LogP contribution in [0.3, 0.4) is 0 Å². The number of carbonyl (C=O) groups excluding carboxylic acids is 1. The van der Waals surface area contributed by atoms with Crippen molar-refractivity contribution in [1.29, 1.82) is 0 Å². The first-order valence-electron chi connectivity index (χ1n) is 8.07. The first kappa shape index (κ1) is 15.9. The summed E-state index contributed by atoms with van der Waals surface area (Å²) >= 11 is 1.52. The van der Waals surface area contributed by atoms with E-state index in [-0.39, 0.29) is 5.91 Å². The maximum absolute atomic E-state index is 12.5. The van der Waals surface area contributed by atoms with E-state index in [1.54, 1.807) is 6.20 Å². The van der Waals surface area contributed by atoms with Crippen molar-refractivity contribution in [3.8, 4) is 0 Å². The van der Waals surface area contributed by atoms with Crippen molar-refractivity contribution in [2.24, 2.45) is 5.92 Å². The third-order valence-electron chi connectivity index (χ3n) is 4.33. The molecule has 2 aromatic heterocycles. The second kappa shape index (κ2) is 7.55. The van der Waals surface area contributed by atoms with Crippen LogP contribution in [-0.2, 0) is 6.42 Å². The summed E-state index contributed by atoms with van der Waals surface area (Å²) in [4.78, 5) is 24.1. The summed E-state index contributed by atoms with van der Waals surface area (Å²) in [5, 5.41) is 4.94. The second-order valence-corrected chi connectivity index (χ2v) is 6.86. The largest absolute Gasteiger partial charge is 0.372 e. The molecular weight excluding hydrogens is 308 g/mol. The lowest BCUT2D eigenvalue weighted by Gasteiger charge is -2.19. The van der Waals surface area contributed by atoms with E-state index in [0.29, 0.717) is 5.92 Å². The summed E-state index contributed by atoms with van der Waals surface area (Å²) in [6.45, 7) is 1.70. The predicted molar refractivity (Wildman–Crippen MR) is 92.8 cm³/mol. The third kappa shape index (κ3) is 4.07. The molecule has 1 N–H and O–H groups in total. The van der Waals surface area contributed by atoms with Gasteiger partial charge in [-0.25, -0.2) is 4.98 Å². The lowest BCUT2D eigenvalue weighted by atomic mass is 9.95. The number of rotatable bonds is 4. The van der Waals surface area contributed by atoms with Gasteiger partial charge in [0.1, 0.15) is 5.82 Å². The van der Waals surface area contributed by atoms with Crippen LogP contribution in [-0.4, -0.2) is 40.9 Å². The molecule has 6 heteroatoms. The van der Waals surface area contributed by atoms with Gasteiger partial charge in [0.2, 0.25) is 0 Å². The summed E-state index contributed by atoms with van der Waals surface area (Å²) in [5.41, 5.74) is 1.03. The summed E-state index contributed by atoms with van der Waals surface area (Å²) in [7, 11) is 1.84. The van der Waals surface area contributed by atoms with Gasteiger partial charge in [0, 0.05) is 20.1 Å². The number of hydrogen-bond donors (Lipinski definition) is 1. The van der Waals surface area contributed by atoms with E-state index >= 15 is 0 Å². The molecule has 0 unspecified atom stereocenters. The van der Waals surface area contributed by atoms with Crippen LogP contribution in [0.1, 0.15) is 34.6 Å². The zero-order valence-electron chi connectivity index (χ0n) is 13.4. The molecule has 0 bridgehead atoms. The highest BCUT2D eigenvalue weighted by molar-refractivity contribution is 7.12. The fourth-order valence-electron chi connectivity index (χ4n) is 3.01. The number of anilines is 1. The molecule has 0 aromatic carbocycles. The van der Waals surface area contributed by atoms with Gasteiger partial charge < -0.3 is 10.2 Å². The van der Waals surface area contributed by atoms with Crippen LogP contribution in [0.5, 0.6) is 0 Å². The molecule has 0 radical (unpaired) electrons. The average Bonchev–Trinajstić information content (AvgIpc) is 3.02. The maximum Gasteiger partial charge on any atom is 0.263 e. The Labute approximate surface area is 140 Å². The highest BCUT2D eigenvalue weighted by Gasteiger charge is 2.22. The van der Waals surface area contributed by atoms with Crippen molar-refractivity contribution in [2.45, 2.75) is 25.7 Å². The molecule has 23 heavy (non-hydrogen) atoms. The van der Waals surface area contributed by atoms with E-state index in [0.717, 1.165) is 55.2 Å². The minimum atomic E-state index is 0.179. The molecule has 0 saturated carbocycles. The van der Waals surface area contributed by atoms with Crippen molar-refractivity contribution in [3.63, 3.8) is 0 Å². The monoisotopic (exact) mass is 330 g/mol. The van der Waals surface area contributed by atoms with E-state index < -0.39 is 0 Å². The Balaban J connectivity index is 1.56. The third-order valence-corrected chi connectivity index (χ3v) is 5.18. The zero-order valence-corrected chi connectivity index (χ0v) is 14.2. The molecule has 1 amide bonds. The molecule has 0 spiro atoms. The molecule has 1 fully saturated rings. The lowest BCUT2D eigenvalue weighted by molar-refractivity contribution is 0.0765. The number of thiophene rings is 1. The fourth-order valence-corrected chi connectivity index (χ4v) is 3.70. The van der Waals surface area contributed by atoms with Gasteiger partial charge in [-0.1, -0.05) is 6.07 Å².